The quantitative estimate of drug-likeness (QED) is 0.611. The fourth-order valence-corrected chi connectivity index (χ4v) is 2.91. The molecule has 1 aliphatic rings. The summed E-state index contributed by atoms with van der Waals surface area (Å²) < 4.78 is 5.42. The van der Waals surface area contributed by atoms with Gasteiger partial charge in [-0.1, -0.05) is 6.07 Å². The van der Waals surface area contributed by atoms with Gasteiger partial charge in [-0.3, -0.25) is 4.90 Å². The number of nitrogens with zero attached hydrogens (tertiary/aromatic N) is 2. The summed E-state index contributed by atoms with van der Waals surface area (Å²) >= 11 is 0. The Bertz CT molecular complexity index is 476. The number of rotatable bonds is 8. The van der Waals surface area contributed by atoms with Crippen LogP contribution in [-0.2, 0) is 0 Å². The number of hydrogen-bond acceptors (Lipinski definition) is 6. The van der Waals surface area contributed by atoms with E-state index in [0.717, 1.165) is 44.8 Å². The van der Waals surface area contributed by atoms with Crippen molar-refractivity contribution >= 4 is 5.69 Å². The zero-order chi connectivity index (χ0) is 16.7. The molecule has 1 aliphatic heterocycles. The highest BCUT2D eigenvalue weighted by Gasteiger charge is 2.18. The number of piperazine rings is 1. The minimum atomic E-state index is -0.511. The van der Waals surface area contributed by atoms with E-state index in [-0.39, 0.29) is 6.61 Å². The van der Waals surface area contributed by atoms with Crippen molar-refractivity contribution in [1.82, 2.24) is 9.80 Å². The molecule has 130 valence electrons. The van der Waals surface area contributed by atoms with E-state index in [9.17, 15) is 5.11 Å². The number of aliphatic hydroxyl groups is 2. The van der Waals surface area contributed by atoms with Gasteiger partial charge >= 0.3 is 0 Å². The number of β-amino-alcohol motifs (C(OH)–C–C–N with tert-alkyl or cyclic N) is 1. The monoisotopic (exact) mass is 323 g/mol. The lowest BCUT2D eigenvalue weighted by atomic mass is 10.0. The number of hydrogen-bond donors (Lipinski definition) is 3. The standard InChI is InChI=1S/C17H29N3O3/c1-2-23-17-4-3-14(13-15(17)18)16(22)5-6-19-7-9-20(10-8-19)11-12-21/h3-4,13,16,21-22H,2,5-12,18H2,1H3. The molecule has 1 aromatic rings. The van der Waals surface area contributed by atoms with Crippen molar-refractivity contribution in [3.63, 3.8) is 0 Å². The molecule has 1 saturated heterocycles. The molecule has 0 saturated carbocycles. The lowest BCUT2D eigenvalue weighted by Crippen LogP contribution is -2.47. The van der Waals surface area contributed by atoms with Crippen LogP contribution in [0, 0.1) is 0 Å². The number of nitrogen functional groups attached to an aromatic ring is 1. The van der Waals surface area contributed by atoms with Gasteiger partial charge in [-0.05, 0) is 31.0 Å². The molecule has 1 atom stereocenters. The van der Waals surface area contributed by atoms with Crippen molar-refractivity contribution in [3.05, 3.63) is 23.8 Å². The Labute approximate surface area is 138 Å². The van der Waals surface area contributed by atoms with Crippen LogP contribution in [0.5, 0.6) is 5.75 Å². The van der Waals surface area contributed by atoms with Crippen LogP contribution >= 0.6 is 0 Å². The van der Waals surface area contributed by atoms with Crippen molar-refractivity contribution in [3.8, 4) is 5.75 Å². The summed E-state index contributed by atoms with van der Waals surface area (Å²) in [5.41, 5.74) is 7.36. The second-order valence-electron chi connectivity index (χ2n) is 5.94. The highest BCUT2D eigenvalue weighted by Crippen LogP contribution is 2.27. The zero-order valence-corrected chi connectivity index (χ0v) is 13.9. The highest BCUT2D eigenvalue weighted by molar-refractivity contribution is 5.54. The number of anilines is 1. The van der Waals surface area contributed by atoms with Crippen LogP contribution in [0.15, 0.2) is 18.2 Å². The molecular weight excluding hydrogens is 294 g/mol. The molecule has 1 heterocycles. The summed E-state index contributed by atoms with van der Waals surface area (Å²) in [6, 6.07) is 5.51. The van der Waals surface area contributed by atoms with E-state index in [4.69, 9.17) is 15.6 Å². The van der Waals surface area contributed by atoms with Gasteiger partial charge in [-0.15, -0.1) is 0 Å². The first-order valence-corrected chi connectivity index (χ1v) is 8.40. The number of nitrogens with two attached hydrogens (primary N) is 1. The van der Waals surface area contributed by atoms with Crippen molar-refractivity contribution in [2.45, 2.75) is 19.4 Å². The first kappa shape index (κ1) is 18.0. The van der Waals surface area contributed by atoms with Crippen LogP contribution in [0.3, 0.4) is 0 Å². The van der Waals surface area contributed by atoms with Crippen molar-refractivity contribution in [2.75, 3.05) is 58.2 Å². The molecule has 4 N–H and O–H groups in total. The first-order valence-electron chi connectivity index (χ1n) is 8.40. The molecule has 23 heavy (non-hydrogen) atoms. The predicted octanol–water partition coefficient (Wildman–Crippen LogP) is 0.701. The van der Waals surface area contributed by atoms with Gasteiger partial charge in [0.25, 0.3) is 0 Å². The van der Waals surface area contributed by atoms with Gasteiger partial charge in [-0.25, -0.2) is 0 Å². The minimum absolute atomic E-state index is 0.220. The maximum atomic E-state index is 10.4. The van der Waals surface area contributed by atoms with E-state index in [0.29, 0.717) is 24.5 Å². The molecule has 0 aliphatic carbocycles. The van der Waals surface area contributed by atoms with Crippen LogP contribution in [0.4, 0.5) is 5.69 Å². The molecule has 0 radical (unpaired) electrons. The molecule has 0 aromatic heterocycles. The van der Waals surface area contributed by atoms with Crippen LogP contribution in [0.1, 0.15) is 25.0 Å². The normalized spacial score (nSPS) is 18.0. The van der Waals surface area contributed by atoms with Gasteiger partial charge in [0, 0.05) is 39.3 Å². The third kappa shape index (κ3) is 5.35. The third-order valence-electron chi connectivity index (χ3n) is 4.32. The third-order valence-corrected chi connectivity index (χ3v) is 4.32. The van der Waals surface area contributed by atoms with Crippen LogP contribution in [-0.4, -0.2) is 72.5 Å². The summed E-state index contributed by atoms with van der Waals surface area (Å²) in [5.74, 6) is 0.670. The lowest BCUT2D eigenvalue weighted by molar-refractivity contribution is 0.0924. The average Bonchev–Trinajstić information content (AvgIpc) is 2.56. The average molecular weight is 323 g/mol. The molecule has 0 spiro atoms. The second kappa shape index (κ2) is 9.08. The summed E-state index contributed by atoms with van der Waals surface area (Å²) in [5, 5.41) is 19.3. The Balaban J connectivity index is 1.79. The van der Waals surface area contributed by atoms with Gasteiger partial charge in [0.15, 0.2) is 0 Å². The fourth-order valence-electron chi connectivity index (χ4n) is 2.91. The Morgan fingerprint density at radius 1 is 1.17 bits per heavy atom. The van der Waals surface area contributed by atoms with E-state index in [1.54, 1.807) is 6.07 Å². The summed E-state index contributed by atoms with van der Waals surface area (Å²) in [7, 11) is 0. The number of aliphatic hydroxyl groups excluding tert-OH is 2. The Morgan fingerprint density at radius 2 is 1.83 bits per heavy atom. The van der Waals surface area contributed by atoms with Crippen molar-refractivity contribution in [2.24, 2.45) is 0 Å². The summed E-state index contributed by atoms with van der Waals surface area (Å²) in [4.78, 5) is 4.62. The fraction of sp³-hybridized carbons (Fsp3) is 0.647. The van der Waals surface area contributed by atoms with E-state index < -0.39 is 6.10 Å². The smallest absolute Gasteiger partial charge is 0.142 e. The summed E-state index contributed by atoms with van der Waals surface area (Å²) in [6.07, 6.45) is 0.177. The Kier molecular flexibility index (Phi) is 7.11. The van der Waals surface area contributed by atoms with Gasteiger partial charge < -0.3 is 25.6 Å². The predicted molar refractivity (Wildman–Crippen MR) is 91.6 cm³/mol. The van der Waals surface area contributed by atoms with Crippen LogP contribution in [0.2, 0.25) is 0 Å². The molecule has 1 aromatic carbocycles. The van der Waals surface area contributed by atoms with Gasteiger partial charge in [0.1, 0.15) is 5.75 Å². The molecule has 2 rings (SSSR count). The van der Waals surface area contributed by atoms with E-state index in [2.05, 4.69) is 9.80 Å². The lowest BCUT2D eigenvalue weighted by Gasteiger charge is -2.34. The van der Waals surface area contributed by atoms with Crippen molar-refractivity contribution < 1.29 is 14.9 Å². The van der Waals surface area contributed by atoms with E-state index >= 15 is 0 Å². The second-order valence-corrected chi connectivity index (χ2v) is 5.94. The van der Waals surface area contributed by atoms with Gasteiger partial charge in [-0.2, -0.15) is 0 Å². The number of ether oxygens (including phenoxy) is 1. The van der Waals surface area contributed by atoms with E-state index in [1.165, 1.54) is 0 Å². The van der Waals surface area contributed by atoms with Crippen molar-refractivity contribution in [1.29, 1.82) is 0 Å². The molecule has 6 nitrogen and oxygen atoms in total. The Hall–Kier alpha value is -1.34. The van der Waals surface area contributed by atoms with Gasteiger partial charge in [0.2, 0.25) is 0 Å². The maximum Gasteiger partial charge on any atom is 0.142 e. The minimum Gasteiger partial charge on any atom is -0.492 e. The molecular formula is C17H29N3O3. The summed E-state index contributed by atoms with van der Waals surface area (Å²) in [6.45, 7) is 8.26. The molecule has 0 amide bonds. The molecule has 0 bridgehead atoms. The largest absolute Gasteiger partial charge is 0.492 e. The molecule has 1 fully saturated rings. The maximum absolute atomic E-state index is 10.4. The van der Waals surface area contributed by atoms with Crippen LogP contribution in [0.25, 0.3) is 0 Å². The number of benzene rings is 1. The van der Waals surface area contributed by atoms with Gasteiger partial charge in [0.05, 0.1) is 25.0 Å². The SMILES string of the molecule is CCOc1ccc(C(O)CCN2CCN(CCO)CC2)cc1N. The molecule has 6 heteroatoms. The first-order chi connectivity index (χ1) is 11.1. The Morgan fingerprint density at radius 3 is 2.39 bits per heavy atom. The van der Waals surface area contributed by atoms with E-state index in [1.807, 2.05) is 19.1 Å². The molecule has 1 unspecified atom stereocenters. The topological polar surface area (TPSA) is 82.2 Å². The van der Waals surface area contributed by atoms with Crippen LogP contribution < -0.4 is 10.5 Å². The zero-order valence-electron chi connectivity index (χ0n) is 13.9. The highest BCUT2D eigenvalue weighted by atomic mass is 16.5.